The zero-order valence-electron chi connectivity index (χ0n) is 23.0. The van der Waals surface area contributed by atoms with E-state index in [0.29, 0.717) is 17.0 Å². The lowest BCUT2D eigenvalue weighted by Crippen LogP contribution is -2.52. The molecule has 1 aliphatic carbocycles. The van der Waals surface area contributed by atoms with Crippen LogP contribution in [0.1, 0.15) is 46.1 Å². The Morgan fingerprint density at radius 2 is 1.78 bits per heavy atom. The highest BCUT2D eigenvalue weighted by Gasteiger charge is 2.60. The average Bonchev–Trinajstić information content (AvgIpc) is 3.77. The average molecular weight is 632 g/mol. The number of aliphatic hydroxyl groups is 1. The van der Waals surface area contributed by atoms with E-state index in [1.807, 2.05) is 0 Å². The van der Waals surface area contributed by atoms with Crippen molar-refractivity contribution in [3.05, 3.63) is 82.9 Å². The third kappa shape index (κ3) is 5.10. The Morgan fingerprint density at radius 3 is 2.40 bits per heavy atom. The zero-order chi connectivity index (χ0) is 32.3. The summed E-state index contributed by atoms with van der Waals surface area (Å²) < 4.78 is 91.7. The van der Waals surface area contributed by atoms with Crippen LogP contribution in [0.25, 0.3) is 22.2 Å². The van der Waals surface area contributed by atoms with Crippen molar-refractivity contribution in [1.29, 1.82) is 0 Å². The van der Waals surface area contributed by atoms with E-state index in [4.69, 9.17) is 10.5 Å². The van der Waals surface area contributed by atoms with Crippen LogP contribution in [0.4, 0.5) is 26.3 Å². The van der Waals surface area contributed by atoms with Gasteiger partial charge in [0, 0.05) is 28.0 Å². The predicted molar refractivity (Wildman–Crippen MR) is 146 cm³/mol. The number of hydrogen-bond donors (Lipinski definition) is 3. The van der Waals surface area contributed by atoms with E-state index in [2.05, 4.69) is 20.5 Å². The van der Waals surface area contributed by atoms with E-state index in [1.165, 1.54) is 18.2 Å². The van der Waals surface area contributed by atoms with Gasteiger partial charge in [-0.05, 0) is 67.4 Å². The number of primary amides is 1. The van der Waals surface area contributed by atoms with Crippen LogP contribution in [0, 0.1) is 5.82 Å². The molecule has 4 N–H and O–H groups in total. The fourth-order valence-corrected chi connectivity index (χ4v) is 5.21. The monoisotopic (exact) mass is 631 g/mol. The number of carbonyl (C=O) groups is 2. The minimum atomic E-state index is -5.53. The molecular formula is C30H23F6N5O4. The molecule has 0 spiro atoms. The lowest BCUT2D eigenvalue weighted by atomic mass is 9.80. The molecule has 1 fully saturated rings. The number of hydrogen-bond acceptors (Lipinski definition) is 7. The van der Waals surface area contributed by atoms with E-state index in [1.54, 1.807) is 6.07 Å². The first-order valence-corrected chi connectivity index (χ1v) is 13.6. The van der Waals surface area contributed by atoms with E-state index in [-0.39, 0.29) is 17.0 Å². The van der Waals surface area contributed by atoms with Crippen LogP contribution in [-0.4, -0.2) is 57.9 Å². The second-order valence-corrected chi connectivity index (χ2v) is 11.0. The number of halogens is 6. The Kier molecular flexibility index (Phi) is 7.18. The first-order chi connectivity index (χ1) is 21.2. The number of ether oxygens (including phenoxy) is 1. The van der Waals surface area contributed by atoms with Gasteiger partial charge in [-0.3, -0.25) is 9.59 Å². The number of nitrogens with one attached hydrogen (secondary N) is 1. The Bertz CT molecular complexity index is 1830. The molecule has 45 heavy (non-hydrogen) atoms. The number of amides is 2. The highest BCUT2D eigenvalue weighted by Crippen LogP contribution is 2.50. The summed E-state index contributed by atoms with van der Waals surface area (Å²) in [5, 5.41) is 22.0. The second-order valence-electron chi connectivity index (χ2n) is 11.0. The molecule has 0 saturated heterocycles. The van der Waals surface area contributed by atoms with E-state index in [9.17, 15) is 41.0 Å². The fraction of sp³-hybridized carbons (Fsp3) is 0.300. The number of fused-ring (bicyclic) bond motifs is 2. The van der Waals surface area contributed by atoms with E-state index in [0.717, 1.165) is 42.8 Å². The molecule has 1 saturated carbocycles. The summed E-state index contributed by atoms with van der Waals surface area (Å²) in [4.78, 5) is 29.3. The minimum Gasteiger partial charge on any atom is -0.489 e. The maximum Gasteiger partial charge on any atom is 0.424 e. The highest BCUT2D eigenvalue weighted by atomic mass is 19.4. The smallest absolute Gasteiger partial charge is 0.424 e. The molecule has 2 aromatic carbocycles. The first kappa shape index (κ1) is 30.2. The van der Waals surface area contributed by atoms with Gasteiger partial charge >= 0.3 is 6.18 Å². The van der Waals surface area contributed by atoms with Gasteiger partial charge in [-0.25, -0.2) is 18.2 Å². The maximum absolute atomic E-state index is 14.6. The fourth-order valence-electron chi connectivity index (χ4n) is 5.21. The quantitative estimate of drug-likeness (QED) is 0.247. The maximum atomic E-state index is 14.6. The lowest BCUT2D eigenvalue weighted by molar-refractivity contribution is -0.265. The SMILES string of the molecule is NC(=O)[C@@]1(C(F)F)COc2c1cc(C(O)(CNC(=O)c1ccc3nnc(C4CC4)cc3c1)C(F)(F)F)nc2-c1ccc(F)cc1. The topological polar surface area (TPSA) is 140 Å². The van der Waals surface area contributed by atoms with Crippen molar-refractivity contribution >= 4 is 22.7 Å². The van der Waals surface area contributed by atoms with E-state index < -0.39 is 77.1 Å². The zero-order valence-corrected chi connectivity index (χ0v) is 23.0. The Hall–Kier alpha value is -4.79. The van der Waals surface area contributed by atoms with Crippen molar-refractivity contribution in [3.63, 3.8) is 0 Å². The molecule has 3 heterocycles. The van der Waals surface area contributed by atoms with Crippen molar-refractivity contribution in [1.82, 2.24) is 20.5 Å². The molecule has 2 atom stereocenters. The Morgan fingerprint density at radius 1 is 1.07 bits per heavy atom. The van der Waals surface area contributed by atoms with Gasteiger partial charge < -0.3 is 20.9 Å². The number of rotatable bonds is 8. The van der Waals surface area contributed by atoms with E-state index >= 15 is 0 Å². The first-order valence-electron chi connectivity index (χ1n) is 13.6. The summed E-state index contributed by atoms with van der Waals surface area (Å²) >= 11 is 0. The Labute approximate surface area is 250 Å². The van der Waals surface area contributed by atoms with Crippen molar-refractivity contribution in [2.24, 2.45) is 5.73 Å². The molecule has 1 aliphatic heterocycles. The van der Waals surface area contributed by atoms with Gasteiger partial charge in [-0.1, -0.05) is 0 Å². The van der Waals surface area contributed by atoms with Gasteiger partial charge in [0.2, 0.25) is 11.5 Å². The molecule has 1 unspecified atom stereocenters. The summed E-state index contributed by atoms with van der Waals surface area (Å²) in [6.07, 6.45) is -7.16. The molecule has 15 heteroatoms. The number of nitrogens with two attached hydrogens (primary N) is 1. The summed E-state index contributed by atoms with van der Waals surface area (Å²) in [5.74, 6) is -3.53. The van der Waals surface area contributed by atoms with Crippen LogP contribution in [0.3, 0.4) is 0 Å². The molecular weight excluding hydrogens is 608 g/mol. The molecule has 2 aromatic heterocycles. The number of nitrogens with zero attached hydrogens (tertiary/aromatic N) is 3. The second kappa shape index (κ2) is 10.7. The molecule has 2 aliphatic rings. The van der Waals surface area contributed by atoms with Gasteiger partial charge in [0.25, 0.3) is 12.3 Å². The van der Waals surface area contributed by atoms with Crippen molar-refractivity contribution in [2.45, 2.75) is 42.4 Å². The van der Waals surface area contributed by atoms with Gasteiger partial charge in [0.1, 0.15) is 23.9 Å². The number of alkyl halides is 5. The largest absolute Gasteiger partial charge is 0.489 e. The molecule has 4 aromatic rings. The van der Waals surface area contributed by atoms with Crippen molar-refractivity contribution in [2.75, 3.05) is 13.2 Å². The van der Waals surface area contributed by atoms with Crippen molar-refractivity contribution in [3.8, 4) is 17.0 Å². The van der Waals surface area contributed by atoms with Gasteiger partial charge in [0.05, 0.1) is 23.4 Å². The third-order valence-electron chi connectivity index (χ3n) is 8.09. The molecule has 0 bridgehead atoms. The van der Waals surface area contributed by atoms with Crippen LogP contribution >= 0.6 is 0 Å². The van der Waals surface area contributed by atoms with Crippen LogP contribution in [0.15, 0.2) is 54.6 Å². The van der Waals surface area contributed by atoms with Gasteiger partial charge in [-0.2, -0.15) is 23.4 Å². The Balaban J connectivity index is 1.41. The van der Waals surface area contributed by atoms with Crippen LogP contribution in [-0.2, 0) is 15.8 Å². The highest BCUT2D eigenvalue weighted by molar-refractivity contribution is 5.98. The lowest BCUT2D eigenvalue weighted by Gasteiger charge is -2.32. The number of aromatic nitrogens is 3. The summed E-state index contributed by atoms with van der Waals surface area (Å²) in [5.41, 5.74) is -2.91. The summed E-state index contributed by atoms with van der Waals surface area (Å²) in [7, 11) is 0. The number of pyridine rings is 1. The molecule has 9 nitrogen and oxygen atoms in total. The third-order valence-corrected chi connectivity index (χ3v) is 8.09. The van der Waals surface area contributed by atoms with Crippen LogP contribution in [0.2, 0.25) is 0 Å². The minimum absolute atomic E-state index is 0.0467. The summed E-state index contributed by atoms with van der Waals surface area (Å²) in [6, 6.07) is 10.5. The van der Waals surface area contributed by atoms with Gasteiger partial charge in [0.15, 0.2) is 5.41 Å². The molecule has 0 radical (unpaired) electrons. The van der Waals surface area contributed by atoms with Gasteiger partial charge in [-0.15, -0.1) is 0 Å². The number of benzene rings is 2. The van der Waals surface area contributed by atoms with Crippen LogP contribution in [0.5, 0.6) is 5.75 Å². The standard InChI is InChI=1S/C30H23F6N5O4/c31-18-6-3-15(4-7-18)23-24-19(28(13-45-24,26(32)33)27(37)43)11-22(39-23)29(44,30(34,35)36)12-38-25(42)16-5-8-20-17(9-16)10-21(41-40-20)14-1-2-14/h3-11,14,26,44H,1-2,12-13H2,(H2,37,43)(H,38,42)/t28-,29?/m0/s1. The normalized spacial score (nSPS) is 19.2. The number of carbonyl (C=O) groups excluding carboxylic acids is 2. The summed E-state index contributed by atoms with van der Waals surface area (Å²) in [6.45, 7) is -2.52. The predicted octanol–water partition coefficient (Wildman–Crippen LogP) is 4.27. The van der Waals surface area contributed by atoms with Crippen molar-refractivity contribution < 1.29 is 45.8 Å². The molecule has 6 rings (SSSR count). The van der Waals surface area contributed by atoms with Crippen LogP contribution < -0.4 is 15.8 Å². The molecule has 2 amide bonds. The molecule has 234 valence electrons.